The van der Waals surface area contributed by atoms with Crippen LogP contribution in [0, 0.1) is 5.41 Å². The number of imidazole rings is 1. The van der Waals surface area contributed by atoms with Gasteiger partial charge in [-0.3, -0.25) is 5.43 Å². The molecule has 24 heavy (non-hydrogen) atoms. The fourth-order valence-electron chi connectivity index (χ4n) is 2.12. The van der Waals surface area contributed by atoms with Gasteiger partial charge >= 0.3 is 0 Å². The first kappa shape index (κ1) is 18.1. The van der Waals surface area contributed by atoms with Crippen LogP contribution in [0.4, 0.5) is 5.82 Å². The molecule has 0 aromatic carbocycles. The Morgan fingerprint density at radius 2 is 2.12 bits per heavy atom. The summed E-state index contributed by atoms with van der Waals surface area (Å²) in [5.41, 5.74) is 3.78. The molecule has 0 saturated heterocycles. The van der Waals surface area contributed by atoms with Crippen LogP contribution in [0.5, 0.6) is 5.75 Å². The van der Waals surface area contributed by atoms with Crippen molar-refractivity contribution in [3.63, 3.8) is 0 Å². The molecule has 3 heterocycles. The number of hydrogen-bond donors (Lipinski definition) is 2. The molecule has 0 radical (unpaired) electrons. The van der Waals surface area contributed by atoms with Crippen LogP contribution < -0.4 is 15.2 Å². The van der Waals surface area contributed by atoms with Gasteiger partial charge in [-0.2, -0.15) is 0 Å². The van der Waals surface area contributed by atoms with Gasteiger partial charge in [0.25, 0.3) is 0 Å². The van der Waals surface area contributed by atoms with E-state index in [0.29, 0.717) is 23.9 Å². The molecule has 1 aliphatic rings. The molecule has 130 valence electrons. The minimum absolute atomic E-state index is 0. The Morgan fingerprint density at radius 1 is 1.33 bits per heavy atom. The third kappa shape index (κ3) is 3.98. The molecule has 0 fully saturated rings. The number of nitrogens with one attached hydrogen (secondary N) is 1. The molecular formula is C16H22ClN5O2. The third-order valence-electron chi connectivity index (χ3n) is 3.30. The number of hydrazine groups is 1. The van der Waals surface area contributed by atoms with Gasteiger partial charge < -0.3 is 14.4 Å². The van der Waals surface area contributed by atoms with Crippen molar-refractivity contribution in [3.05, 3.63) is 43.3 Å². The Balaban J connectivity index is 0.00000208. The smallest absolute Gasteiger partial charge is 0.190 e. The van der Waals surface area contributed by atoms with Crippen molar-refractivity contribution in [1.82, 2.24) is 20.0 Å². The molecule has 0 bridgehead atoms. The number of pyridine rings is 1. The summed E-state index contributed by atoms with van der Waals surface area (Å²) in [5, 5.41) is 12.0. The average Bonchev–Trinajstić information content (AvgIpc) is 3.14. The Hall–Kier alpha value is -2.25. The standard InChI is InChI=1S/C16H21N5O2.ClH/c1-16(2,3)10-23-12-4-5-14(18-8-12)21-15(22)13(9-19-21)20-7-6-17-11-20;/h4-9,11,15,19,22H,10H2,1-3H3;1H. The molecule has 0 saturated carbocycles. The predicted octanol–water partition coefficient (Wildman–Crippen LogP) is 2.27. The number of anilines is 1. The summed E-state index contributed by atoms with van der Waals surface area (Å²) in [6, 6.07) is 3.65. The molecule has 0 spiro atoms. The van der Waals surface area contributed by atoms with Crippen molar-refractivity contribution in [1.29, 1.82) is 0 Å². The van der Waals surface area contributed by atoms with Crippen molar-refractivity contribution >= 4 is 23.9 Å². The summed E-state index contributed by atoms with van der Waals surface area (Å²) in [7, 11) is 0. The lowest BCUT2D eigenvalue weighted by atomic mass is 9.99. The highest BCUT2D eigenvalue weighted by Gasteiger charge is 2.27. The number of halogens is 1. The highest BCUT2D eigenvalue weighted by Crippen LogP contribution is 2.24. The Labute approximate surface area is 147 Å². The third-order valence-corrected chi connectivity index (χ3v) is 3.30. The Morgan fingerprint density at radius 3 is 2.71 bits per heavy atom. The van der Waals surface area contributed by atoms with E-state index in [4.69, 9.17) is 4.74 Å². The van der Waals surface area contributed by atoms with Gasteiger partial charge in [-0.1, -0.05) is 20.8 Å². The van der Waals surface area contributed by atoms with Gasteiger partial charge in [0.2, 0.25) is 0 Å². The maximum absolute atomic E-state index is 10.4. The molecular weight excluding hydrogens is 330 g/mol. The number of aliphatic hydroxyl groups is 1. The van der Waals surface area contributed by atoms with Gasteiger partial charge in [0.05, 0.1) is 24.8 Å². The molecule has 1 atom stereocenters. The number of nitrogens with zero attached hydrogens (tertiary/aromatic N) is 4. The van der Waals surface area contributed by atoms with Gasteiger partial charge in [0, 0.05) is 18.6 Å². The highest BCUT2D eigenvalue weighted by molar-refractivity contribution is 5.85. The van der Waals surface area contributed by atoms with E-state index in [0.717, 1.165) is 0 Å². The SMILES string of the molecule is CC(C)(C)COc1ccc(N2NC=C(n3ccnc3)C2O)nc1.Cl. The van der Waals surface area contributed by atoms with E-state index in [9.17, 15) is 5.11 Å². The maximum atomic E-state index is 10.4. The predicted molar refractivity (Wildman–Crippen MR) is 94.6 cm³/mol. The summed E-state index contributed by atoms with van der Waals surface area (Å²) in [4.78, 5) is 8.33. The summed E-state index contributed by atoms with van der Waals surface area (Å²) < 4.78 is 7.45. The van der Waals surface area contributed by atoms with Gasteiger partial charge in [-0.05, 0) is 17.5 Å². The molecule has 2 N–H and O–H groups in total. The number of aliphatic hydroxyl groups excluding tert-OH is 1. The highest BCUT2D eigenvalue weighted by atomic mass is 35.5. The molecule has 2 aromatic rings. The Kier molecular flexibility index (Phi) is 5.36. The van der Waals surface area contributed by atoms with Crippen molar-refractivity contribution in [3.8, 4) is 5.75 Å². The van der Waals surface area contributed by atoms with E-state index in [1.54, 1.807) is 46.8 Å². The second kappa shape index (κ2) is 7.11. The van der Waals surface area contributed by atoms with E-state index < -0.39 is 6.23 Å². The zero-order valence-electron chi connectivity index (χ0n) is 13.9. The first-order valence-corrected chi connectivity index (χ1v) is 7.45. The second-order valence-electron chi connectivity index (χ2n) is 6.61. The van der Waals surface area contributed by atoms with Crippen LogP contribution in [0.3, 0.4) is 0 Å². The molecule has 1 aliphatic heterocycles. The first-order chi connectivity index (χ1) is 10.9. The number of ether oxygens (including phenoxy) is 1. The van der Waals surface area contributed by atoms with E-state index >= 15 is 0 Å². The fourth-order valence-corrected chi connectivity index (χ4v) is 2.12. The summed E-state index contributed by atoms with van der Waals surface area (Å²) in [6.07, 6.45) is 7.60. The molecule has 1 unspecified atom stereocenters. The minimum Gasteiger partial charge on any atom is -0.491 e. The molecule has 0 aliphatic carbocycles. The van der Waals surface area contributed by atoms with E-state index in [2.05, 4.69) is 36.2 Å². The van der Waals surface area contributed by atoms with Crippen molar-refractivity contribution < 1.29 is 9.84 Å². The van der Waals surface area contributed by atoms with Crippen LogP contribution in [0.15, 0.2) is 43.3 Å². The molecule has 0 amide bonds. The van der Waals surface area contributed by atoms with Gasteiger partial charge in [0.15, 0.2) is 6.23 Å². The van der Waals surface area contributed by atoms with Crippen LogP contribution in [0.2, 0.25) is 0 Å². The first-order valence-electron chi connectivity index (χ1n) is 7.45. The lowest BCUT2D eigenvalue weighted by Crippen LogP contribution is -2.39. The van der Waals surface area contributed by atoms with Crippen LogP contribution in [0.25, 0.3) is 5.70 Å². The van der Waals surface area contributed by atoms with Crippen LogP contribution in [0.1, 0.15) is 20.8 Å². The Bertz CT molecular complexity index is 679. The lowest BCUT2D eigenvalue weighted by molar-refractivity contribution is 0.197. The quantitative estimate of drug-likeness (QED) is 0.880. The zero-order chi connectivity index (χ0) is 16.4. The van der Waals surface area contributed by atoms with E-state index in [-0.39, 0.29) is 17.8 Å². The summed E-state index contributed by atoms with van der Waals surface area (Å²) >= 11 is 0. The van der Waals surface area contributed by atoms with Crippen LogP contribution in [-0.2, 0) is 0 Å². The summed E-state index contributed by atoms with van der Waals surface area (Å²) in [5.74, 6) is 1.31. The van der Waals surface area contributed by atoms with Crippen LogP contribution >= 0.6 is 12.4 Å². The normalized spacial score (nSPS) is 17.1. The minimum atomic E-state index is -0.849. The maximum Gasteiger partial charge on any atom is 0.190 e. The number of rotatable bonds is 4. The lowest BCUT2D eigenvalue weighted by Gasteiger charge is -2.23. The van der Waals surface area contributed by atoms with Crippen molar-refractivity contribution in [2.75, 3.05) is 11.6 Å². The number of hydrogen-bond acceptors (Lipinski definition) is 6. The van der Waals surface area contributed by atoms with Crippen LogP contribution in [-0.4, -0.2) is 32.5 Å². The number of aromatic nitrogens is 3. The molecule has 7 nitrogen and oxygen atoms in total. The zero-order valence-corrected chi connectivity index (χ0v) is 14.7. The van der Waals surface area contributed by atoms with Gasteiger partial charge in [-0.25, -0.2) is 15.0 Å². The van der Waals surface area contributed by atoms with Gasteiger partial charge in [-0.15, -0.1) is 12.4 Å². The van der Waals surface area contributed by atoms with Gasteiger partial charge in [0.1, 0.15) is 11.6 Å². The molecule has 2 aromatic heterocycles. The summed E-state index contributed by atoms with van der Waals surface area (Å²) in [6.45, 7) is 6.96. The van der Waals surface area contributed by atoms with Crippen molar-refractivity contribution in [2.45, 2.75) is 27.0 Å². The monoisotopic (exact) mass is 351 g/mol. The van der Waals surface area contributed by atoms with E-state index in [1.165, 1.54) is 0 Å². The topological polar surface area (TPSA) is 75.4 Å². The molecule has 3 rings (SSSR count). The largest absolute Gasteiger partial charge is 0.491 e. The van der Waals surface area contributed by atoms with E-state index in [1.807, 2.05) is 6.07 Å². The average molecular weight is 352 g/mol. The second-order valence-corrected chi connectivity index (χ2v) is 6.61. The fraction of sp³-hybridized carbons (Fsp3) is 0.375. The molecule has 8 heteroatoms. The van der Waals surface area contributed by atoms with Crippen molar-refractivity contribution in [2.24, 2.45) is 5.41 Å².